The van der Waals surface area contributed by atoms with Crippen molar-refractivity contribution in [2.24, 2.45) is 0 Å². The first kappa shape index (κ1) is 14.6. The molecule has 0 unspecified atom stereocenters. The lowest BCUT2D eigenvalue weighted by molar-refractivity contribution is 0.122. The number of fused-ring (bicyclic) bond motifs is 1. The first-order valence-electron chi connectivity index (χ1n) is 7.28. The van der Waals surface area contributed by atoms with Crippen molar-refractivity contribution in [2.45, 2.75) is 0 Å². The number of benzene rings is 1. The Balaban J connectivity index is 1.72. The number of rotatable bonds is 3. The number of halogens is 1. The second-order valence-corrected chi connectivity index (χ2v) is 6.42. The molecule has 0 aliphatic carbocycles. The van der Waals surface area contributed by atoms with Crippen molar-refractivity contribution in [1.29, 1.82) is 0 Å². The van der Waals surface area contributed by atoms with Gasteiger partial charge in [0.2, 0.25) is 5.28 Å². The molecular weight excluding hydrogens is 334 g/mol. The standard InChI is InChI=1S/C15H14ClN5OS/c16-14-18-12-11(13(20-14)21-6-8-22-9-7-21)23-15(19-12)17-10-4-2-1-3-5-10/h1-5H,6-9H2,(H,17,18,19,20). The first-order chi connectivity index (χ1) is 11.3. The van der Waals surface area contributed by atoms with E-state index in [-0.39, 0.29) is 5.28 Å². The average molecular weight is 348 g/mol. The van der Waals surface area contributed by atoms with Crippen LogP contribution >= 0.6 is 22.9 Å². The average Bonchev–Trinajstić information content (AvgIpc) is 2.98. The van der Waals surface area contributed by atoms with Gasteiger partial charge in [-0.25, -0.2) is 0 Å². The van der Waals surface area contributed by atoms with E-state index < -0.39 is 0 Å². The lowest BCUT2D eigenvalue weighted by Gasteiger charge is -2.27. The van der Waals surface area contributed by atoms with Crippen LogP contribution in [0.5, 0.6) is 0 Å². The van der Waals surface area contributed by atoms with Crippen LogP contribution < -0.4 is 10.2 Å². The highest BCUT2D eigenvalue weighted by Gasteiger charge is 2.20. The van der Waals surface area contributed by atoms with Gasteiger partial charge < -0.3 is 15.0 Å². The number of nitrogens with one attached hydrogen (secondary N) is 1. The maximum atomic E-state index is 6.08. The van der Waals surface area contributed by atoms with Gasteiger partial charge in [-0.3, -0.25) is 0 Å². The minimum Gasteiger partial charge on any atom is -0.378 e. The molecule has 4 rings (SSSR count). The molecule has 0 bridgehead atoms. The van der Waals surface area contributed by atoms with Crippen LogP contribution in [0.25, 0.3) is 10.3 Å². The molecule has 1 aromatic carbocycles. The second kappa shape index (κ2) is 6.27. The molecule has 0 amide bonds. The third kappa shape index (κ3) is 3.08. The number of morpholine rings is 1. The fourth-order valence-electron chi connectivity index (χ4n) is 2.47. The SMILES string of the molecule is Clc1nc(N2CCOCC2)c2sc(Nc3ccccc3)nc2n1. The topological polar surface area (TPSA) is 63.2 Å². The maximum absolute atomic E-state index is 6.08. The van der Waals surface area contributed by atoms with E-state index >= 15 is 0 Å². The minimum absolute atomic E-state index is 0.218. The highest BCUT2D eigenvalue weighted by Crippen LogP contribution is 2.34. The number of thiazole rings is 1. The van der Waals surface area contributed by atoms with E-state index in [2.05, 4.69) is 25.2 Å². The highest BCUT2D eigenvalue weighted by molar-refractivity contribution is 7.22. The Labute approximate surface area is 142 Å². The highest BCUT2D eigenvalue weighted by atomic mass is 35.5. The molecule has 8 heteroatoms. The lowest BCUT2D eigenvalue weighted by atomic mass is 10.3. The molecule has 1 saturated heterocycles. The third-order valence-electron chi connectivity index (χ3n) is 3.54. The zero-order valence-electron chi connectivity index (χ0n) is 12.2. The quantitative estimate of drug-likeness (QED) is 0.733. The van der Waals surface area contributed by atoms with Crippen molar-refractivity contribution in [1.82, 2.24) is 15.0 Å². The fraction of sp³-hybridized carbons (Fsp3) is 0.267. The van der Waals surface area contributed by atoms with Gasteiger partial charge in [0.05, 0.1) is 13.2 Å². The molecule has 23 heavy (non-hydrogen) atoms. The Bertz CT molecular complexity index is 819. The van der Waals surface area contributed by atoms with Gasteiger partial charge in [0.15, 0.2) is 16.6 Å². The van der Waals surface area contributed by atoms with E-state index in [1.807, 2.05) is 30.3 Å². The molecule has 0 atom stereocenters. The molecule has 1 N–H and O–H groups in total. The van der Waals surface area contributed by atoms with Crippen molar-refractivity contribution in [2.75, 3.05) is 36.5 Å². The fourth-order valence-corrected chi connectivity index (χ4v) is 3.58. The van der Waals surface area contributed by atoms with E-state index in [1.165, 1.54) is 11.3 Å². The Morgan fingerprint density at radius 3 is 2.65 bits per heavy atom. The smallest absolute Gasteiger partial charge is 0.226 e. The molecule has 1 fully saturated rings. The normalized spacial score (nSPS) is 15.1. The van der Waals surface area contributed by atoms with Gasteiger partial charge in [-0.15, -0.1) is 0 Å². The number of hydrogen-bond acceptors (Lipinski definition) is 7. The van der Waals surface area contributed by atoms with Crippen molar-refractivity contribution < 1.29 is 4.74 Å². The molecular formula is C15H14ClN5OS. The summed E-state index contributed by atoms with van der Waals surface area (Å²) in [5, 5.41) is 4.29. The summed E-state index contributed by atoms with van der Waals surface area (Å²) in [6.45, 7) is 2.97. The minimum atomic E-state index is 0.218. The molecule has 0 saturated carbocycles. The number of nitrogens with zero attached hydrogens (tertiary/aromatic N) is 4. The van der Waals surface area contributed by atoms with Crippen LogP contribution in [0.4, 0.5) is 16.6 Å². The Morgan fingerprint density at radius 1 is 1.09 bits per heavy atom. The van der Waals surface area contributed by atoms with Crippen LogP contribution in [-0.2, 0) is 4.74 Å². The van der Waals surface area contributed by atoms with Gasteiger partial charge in [0.1, 0.15) is 4.70 Å². The number of aromatic nitrogens is 3. The van der Waals surface area contributed by atoms with E-state index in [0.717, 1.165) is 34.4 Å². The first-order valence-corrected chi connectivity index (χ1v) is 8.48. The van der Waals surface area contributed by atoms with Crippen LogP contribution in [0.2, 0.25) is 5.28 Å². The predicted molar refractivity (Wildman–Crippen MR) is 93.0 cm³/mol. The maximum Gasteiger partial charge on any atom is 0.226 e. The monoisotopic (exact) mass is 347 g/mol. The zero-order chi connectivity index (χ0) is 15.6. The summed E-state index contributed by atoms with van der Waals surface area (Å²) in [6.07, 6.45) is 0. The number of anilines is 3. The van der Waals surface area contributed by atoms with Crippen molar-refractivity contribution >= 4 is 49.9 Å². The Morgan fingerprint density at radius 2 is 1.87 bits per heavy atom. The van der Waals surface area contributed by atoms with E-state index in [0.29, 0.717) is 18.9 Å². The molecule has 3 aromatic rings. The van der Waals surface area contributed by atoms with Gasteiger partial charge >= 0.3 is 0 Å². The van der Waals surface area contributed by atoms with E-state index in [1.54, 1.807) is 0 Å². The molecule has 0 spiro atoms. The summed E-state index contributed by atoms with van der Waals surface area (Å²) in [7, 11) is 0. The number of ether oxygens (including phenoxy) is 1. The van der Waals surface area contributed by atoms with Crippen LogP contribution in [0.1, 0.15) is 0 Å². The van der Waals surface area contributed by atoms with Crippen molar-refractivity contribution in [3.05, 3.63) is 35.6 Å². The molecule has 2 aromatic heterocycles. The molecule has 1 aliphatic rings. The molecule has 118 valence electrons. The molecule has 0 radical (unpaired) electrons. The summed E-state index contributed by atoms with van der Waals surface area (Å²) >= 11 is 7.61. The van der Waals surface area contributed by atoms with Gasteiger partial charge in [-0.1, -0.05) is 29.5 Å². The van der Waals surface area contributed by atoms with Crippen LogP contribution in [0.15, 0.2) is 30.3 Å². The van der Waals surface area contributed by atoms with E-state index in [9.17, 15) is 0 Å². The van der Waals surface area contributed by atoms with Crippen molar-refractivity contribution in [3.63, 3.8) is 0 Å². The summed E-state index contributed by atoms with van der Waals surface area (Å²) < 4.78 is 6.34. The van der Waals surface area contributed by atoms with Gasteiger partial charge in [-0.05, 0) is 23.7 Å². The number of hydrogen-bond donors (Lipinski definition) is 1. The Hall–Kier alpha value is -1.96. The summed E-state index contributed by atoms with van der Waals surface area (Å²) in [6, 6.07) is 9.92. The largest absolute Gasteiger partial charge is 0.378 e. The van der Waals surface area contributed by atoms with Gasteiger partial charge in [0, 0.05) is 18.8 Å². The summed E-state index contributed by atoms with van der Waals surface area (Å²) in [5.74, 6) is 0.835. The van der Waals surface area contributed by atoms with Crippen LogP contribution in [0.3, 0.4) is 0 Å². The summed E-state index contributed by atoms with van der Waals surface area (Å²) in [5.41, 5.74) is 1.61. The summed E-state index contributed by atoms with van der Waals surface area (Å²) in [4.78, 5) is 15.4. The van der Waals surface area contributed by atoms with Gasteiger partial charge in [0.25, 0.3) is 0 Å². The zero-order valence-corrected chi connectivity index (χ0v) is 13.8. The Kier molecular flexibility index (Phi) is 3.99. The lowest BCUT2D eigenvalue weighted by Crippen LogP contribution is -2.36. The third-order valence-corrected chi connectivity index (χ3v) is 4.67. The molecule has 6 nitrogen and oxygen atoms in total. The second-order valence-electron chi connectivity index (χ2n) is 5.08. The van der Waals surface area contributed by atoms with Crippen LogP contribution in [0, 0.1) is 0 Å². The van der Waals surface area contributed by atoms with Crippen molar-refractivity contribution in [3.8, 4) is 0 Å². The van der Waals surface area contributed by atoms with Gasteiger partial charge in [-0.2, -0.15) is 15.0 Å². The molecule has 3 heterocycles. The predicted octanol–water partition coefficient (Wildman–Crippen LogP) is 3.32. The van der Waals surface area contributed by atoms with Crippen LogP contribution in [-0.4, -0.2) is 41.3 Å². The van der Waals surface area contributed by atoms with E-state index in [4.69, 9.17) is 16.3 Å². The number of para-hydroxylation sites is 1. The molecule has 1 aliphatic heterocycles.